The molecule has 0 radical (unpaired) electrons. The number of carbonyl (C=O) groups is 2. The van der Waals surface area contributed by atoms with E-state index in [1.54, 1.807) is 18.2 Å². The van der Waals surface area contributed by atoms with Crippen molar-refractivity contribution in [3.05, 3.63) is 54.0 Å². The van der Waals surface area contributed by atoms with Crippen LogP contribution < -0.4 is 15.5 Å². The van der Waals surface area contributed by atoms with Crippen molar-refractivity contribution in [2.45, 2.75) is 12.8 Å². The minimum absolute atomic E-state index is 0.159. The second-order valence-corrected chi connectivity index (χ2v) is 5.83. The Kier molecular flexibility index (Phi) is 5.56. The maximum Gasteiger partial charge on any atom is 0.270 e. The molecular weight excluding hydrogens is 318 g/mol. The van der Waals surface area contributed by atoms with Crippen LogP contribution in [-0.2, 0) is 0 Å². The van der Waals surface area contributed by atoms with Gasteiger partial charge in [0, 0.05) is 37.8 Å². The first-order valence-electron chi connectivity index (χ1n) is 8.42. The van der Waals surface area contributed by atoms with Gasteiger partial charge in [0.25, 0.3) is 11.8 Å². The Balaban J connectivity index is 1.46. The molecule has 130 valence electrons. The monoisotopic (exact) mass is 339 g/mol. The van der Waals surface area contributed by atoms with E-state index in [0.717, 1.165) is 31.7 Å². The number of nitrogens with one attached hydrogen (secondary N) is 2. The average molecular weight is 339 g/mol. The Labute approximate surface area is 146 Å². The summed E-state index contributed by atoms with van der Waals surface area (Å²) in [5.41, 5.74) is 0.936. The van der Waals surface area contributed by atoms with Gasteiger partial charge < -0.3 is 15.5 Å². The van der Waals surface area contributed by atoms with Gasteiger partial charge in [0.2, 0.25) is 0 Å². The number of benzene rings is 1. The lowest BCUT2D eigenvalue weighted by molar-refractivity contribution is 0.0925. The summed E-state index contributed by atoms with van der Waals surface area (Å²) in [6, 6.07) is 10.7. The zero-order valence-corrected chi connectivity index (χ0v) is 13.9. The number of anilines is 1. The summed E-state index contributed by atoms with van der Waals surface area (Å²) in [5, 5.41) is 5.53. The highest BCUT2D eigenvalue weighted by Crippen LogP contribution is 2.17. The van der Waals surface area contributed by atoms with Crippen LogP contribution in [0.4, 0.5) is 5.82 Å². The molecule has 1 aliphatic rings. The van der Waals surface area contributed by atoms with Crippen molar-refractivity contribution in [2.24, 2.45) is 0 Å². The number of aromatic nitrogens is 2. The molecule has 0 bridgehead atoms. The lowest BCUT2D eigenvalue weighted by atomic mass is 10.2. The van der Waals surface area contributed by atoms with Crippen LogP contribution in [0.25, 0.3) is 0 Å². The van der Waals surface area contributed by atoms with Crippen molar-refractivity contribution < 1.29 is 9.59 Å². The molecule has 0 saturated carbocycles. The molecule has 2 heterocycles. The quantitative estimate of drug-likeness (QED) is 0.773. The van der Waals surface area contributed by atoms with Crippen molar-refractivity contribution in [3.63, 3.8) is 0 Å². The van der Waals surface area contributed by atoms with E-state index in [1.165, 1.54) is 6.33 Å². The summed E-state index contributed by atoms with van der Waals surface area (Å²) in [4.78, 5) is 34.5. The van der Waals surface area contributed by atoms with E-state index >= 15 is 0 Å². The standard InChI is InChI=1S/C18H21N5O2/c24-17(14-6-2-1-3-7-14)19-8-9-20-18(25)15-12-16(22-13-21-15)23-10-4-5-11-23/h1-3,6-7,12-13H,4-5,8-11H2,(H,19,24)(H,20,25). The van der Waals surface area contributed by atoms with Crippen LogP contribution >= 0.6 is 0 Å². The maximum absolute atomic E-state index is 12.2. The van der Waals surface area contributed by atoms with E-state index in [4.69, 9.17) is 0 Å². The number of hydrogen-bond donors (Lipinski definition) is 2. The smallest absolute Gasteiger partial charge is 0.270 e. The molecule has 1 fully saturated rings. The van der Waals surface area contributed by atoms with Gasteiger partial charge in [-0.2, -0.15) is 0 Å². The fourth-order valence-corrected chi connectivity index (χ4v) is 2.72. The highest BCUT2D eigenvalue weighted by Gasteiger charge is 2.16. The summed E-state index contributed by atoms with van der Waals surface area (Å²) < 4.78 is 0. The first-order chi connectivity index (χ1) is 12.2. The minimum Gasteiger partial charge on any atom is -0.357 e. The molecule has 0 atom stereocenters. The van der Waals surface area contributed by atoms with Gasteiger partial charge in [-0.05, 0) is 25.0 Å². The molecule has 25 heavy (non-hydrogen) atoms. The summed E-state index contributed by atoms with van der Waals surface area (Å²) in [7, 11) is 0. The predicted molar refractivity (Wildman–Crippen MR) is 94.6 cm³/mol. The molecule has 0 spiro atoms. The Morgan fingerprint density at radius 1 is 0.960 bits per heavy atom. The maximum atomic E-state index is 12.2. The summed E-state index contributed by atoms with van der Waals surface area (Å²) in [5.74, 6) is 0.361. The molecule has 1 aliphatic heterocycles. The highest BCUT2D eigenvalue weighted by atomic mass is 16.2. The van der Waals surface area contributed by atoms with E-state index in [1.807, 2.05) is 18.2 Å². The van der Waals surface area contributed by atoms with E-state index in [0.29, 0.717) is 24.3 Å². The number of carbonyl (C=O) groups excluding carboxylic acids is 2. The van der Waals surface area contributed by atoms with Crippen molar-refractivity contribution in [3.8, 4) is 0 Å². The Hall–Kier alpha value is -2.96. The number of amides is 2. The number of hydrogen-bond acceptors (Lipinski definition) is 5. The third-order valence-corrected chi connectivity index (χ3v) is 4.05. The zero-order valence-electron chi connectivity index (χ0n) is 13.9. The molecule has 2 N–H and O–H groups in total. The SMILES string of the molecule is O=C(NCCNC(=O)c1cc(N2CCCC2)ncn1)c1ccccc1. The van der Waals surface area contributed by atoms with Crippen LogP contribution in [0.15, 0.2) is 42.7 Å². The topological polar surface area (TPSA) is 87.2 Å². The number of rotatable bonds is 6. The van der Waals surface area contributed by atoms with Crippen LogP contribution in [-0.4, -0.2) is 48.0 Å². The van der Waals surface area contributed by atoms with Crippen molar-refractivity contribution in [2.75, 3.05) is 31.1 Å². The third kappa shape index (κ3) is 4.53. The molecule has 2 aromatic rings. The lowest BCUT2D eigenvalue weighted by Gasteiger charge is -2.16. The van der Waals surface area contributed by atoms with E-state index in [9.17, 15) is 9.59 Å². The zero-order chi connectivity index (χ0) is 17.5. The van der Waals surface area contributed by atoms with Gasteiger partial charge in [0.15, 0.2) is 0 Å². The van der Waals surface area contributed by atoms with Gasteiger partial charge >= 0.3 is 0 Å². The van der Waals surface area contributed by atoms with E-state index in [-0.39, 0.29) is 11.8 Å². The van der Waals surface area contributed by atoms with Gasteiger partial charge in [0.1, 0.15) is 17.8 Å². The van der Waals surface area contributed by atoms with Gasteiger partial charge in [-0.3, -0.25) is 9.59 Å². The van der Waals surface area contributed by atoms with Crippen LogP contribution in [0.2, 0.25) is 0 Å². The number of nitrogens with zero attached hydrogens (tertiary/aromatic N) is 3. The molecule has 0 aliphatic carbocycles. The molecular formula is C18H21N5O2. The normalized spacial score (nSPS) is 13.5. The third-order valence-electron chi connectivity index (χ3n) is 4.05. The Bertz CT molecular complexity index is 729. The van der Waals surface area contributed by atoms with Crippen molar-refractivity contribution >= 4 is 17.6 Å². The Morgan fingerprint density at radius 2 is 1.64 bits per heavy atom. The molecule has 1 aromatic heterocycles. The second kappa shape index (κ2) is 8.23. The molecule has 7 nitrogen and oxygen atoms in total. The van der Waals surface area contributed by atoms with Gasteiger partial charge in [-0.15, -0.1) is 0 Å². The van der Waals surface area contributed by atoms with Crippen LogP contribution in [0.3, 0.4) is 0 Å². The summed E-state index contributed by atoms with van der Waals surface area (Å²) in [6.07, 6.45) is 3.71. The predicted octanol–water partition coefficient (Wildman–Crippen LogP) is 1.24. The highest BCUT2D eigenvalue weighted by molar-refractivity contribution is 5.94. The average Bonchev–Trinajstić information content (AvgIpc) is 3.20. The molecule has 3 rings (SSSR count). The van der Waals surface area contributed by atoms with Crippen molar-refractivity contribution in [1.82, 2.24) is 20.6 Å². The summed E-state index contributed by atoms with van der Waals surface area (Å²) in [6.45, 7) is 2.61. The first-order valence-corrected chi connectivity index (χ1v) is 8.42. The molecule has 2 amide bonds. The van der Waals surface area contributed by atoms with Crippen LogP contribution in [0.5, 0.6) is 0 Å². The van der Waals surface area contributed by atoms with Gasteiger partial charge in [-0.1, -0.05) is 18.2 Å². The molecule has 7 heteroatoms. The second-order valence-electron chi connectivity index (χ2n) is 5.83. The first kappa shape index (κ1) is 16.9. The minimum atomic E-state index is -0.267. The van der Waals surface area contributed by atoms with Crippen LogP contribution in [0, 0.1) is 0 Å². The van der Waals surface area contributed by atoms with E-state index in [2.05, 4.69) is 25.5 Å². The fraction of sp³-hybridized carbons (Fsp3) is 0.333. The van der Waals surface area contributed by atoms with Crippen LogP contribution in [0.1, 0.15) is 33.7 Å². The molecule has 0 unspecified atom stereocenters. The largest absolute Gasteiger partial charge is 0.357 e. The van der Waals surface area contributed by atoms with E-state index < -0.39 is 0 Å². The van der Waals surface area contributed by atoms with Gasteiger partial charge in [-0.25, -0.2) is 9.97 Å². The molecule has 1 saturated heterocycles. The Morgan fingerprint density at radius 3 is 2.36 bits per heavy atom. The lowest BCUT2D eigenvalue weighted by Crippen LogP contribution is -2.35. The van der Waals surface area contributed by atoms with Crippen molar-refractivity contribution in [1.29, 1.82) is 0 Å². The summed E-state index contributed by atoms with van der Waals surface area (Å²) >= 11 is 0. The molecule has 1 aromatic carbocycles. The van der Waals surface area contributed by atoms with Gasteiger partial charge in [0.05, 0.1) is 0 Å². The fourth-order valence-electron chi connectivity index (χ4n) is 2.72.